The van der Waals surface area contributed by atoms with Crippen LogP contribution >= 0.6 is 12.4 Å². The summed E-state index contributed by atoms with van der Waals surface area (Å²) in [4.78, 5) is 31.7. The molecule has 2 aromatic carbocycles. The maximum atomic E-state index is 13.8. The topological polar surface area (TPSA) is 91.3 Å². The van der Waals surface area contributed by atoms with Crippen molar-refractivity contribution in [2.24, 2.45) is 5.92 Å². The van der Waals surface area contributed by atoms with Crippen LogP contribution in [0.15, 0.2) is 48.5 Å². The highest BCUT2D eigenvalue weighted by Gasteiger charge is 2.55. The van der Waals surface area contributed by atoms with Crippen molar-refractivity contribution in [3.63, 3.8) is 0 Å². The van der Waals surface area contributed by atoms with E-state index < -0.39 is 17.7 Å². The van der Waals surface area contributed by atoms with E-state index in [1.165, 1.54) is 12.0 Å². The van der Waals surface area contributed by atoms with E-state index in [0.29, 0.717) is 19.4 Å². The molecule has 0 aromatic heterocycles. The van der Waals surface area contributed by atoms with E-state index in [9.17, 15) is 14.7 Å². The van der Waals surface area contributed by atoms with Gasteiger partial charge in [-0.05, 0) is 80.0 Å². The van der Waals surface area contributed by atoms with Gasteiger partial charge in [0.1, 0.15) is 28.8 Å². The van der Waals surface area contributed by atoms with Gasteiger partial charge >= 0.3 is 0 Å². The molecule has 230 valence electrons. The van der Waals surface area contributed by atoms with Gasteiger partial charge in [0.2, 0.25) is 11.8 Å². The fourth-order valence-corrected chi connectivity index (χ4v) is 6.74. The number of hydrogen-bond donors (Lipinski definition) is 2. The van der Waals surface area contributed by atoms with Crippen LogP contribution in [-0.4, -0.2) is 71.1 Å². The van der Waals surface area contributed by atoms with Crippen molar-refractivity contribution < 1.29 is 24.2 Å². The van der Waals surface area contributed by atoms with Crippen molar-refractivity contribution in [2.75, 3.05) is 26.7 Å². The second kappa shape index (κ2) is 14.6. The van der Waals surface area contributed by atoms with Crippen molar-refractivity contribution in [3.8, 4) is 17.2 Å². The summed E-state index contributed by atoms with van der Waals surface area (Å²) < 4.78 is 11.2. The SMILES string of the molecule is CCCCN1C(=O)C(C(O)C2CCCCC2)NC(=O)C12CCN(Cc1ccc(Oc3ccc(OC)cc3)cc1)CC2.Cl. The number of nitrogens with one attached hydrogen (secondary N) is 1. The molecule has 2 atom stereocenters. The quantitative estimate of drug-likeness (QED) is 0.384. The van der Waals surface area contributed by atoms with Gasteiger partial charge in [0.05, 0.1) is 13.2 Å². The highest BCUT2D eigenvalue weighted by Crippen LogP contribution is 2.36. The molecule has 1 spiro atoms. The van der Waals surface area contributed by atoms with Crippen LogP contribution in [0.25, 0.3) is 0 Å². The summed E-state index contributed by atoms with van der Waals surface area (Å²) in [6, 6.07) is 14.8. The molecule has 0 bridgehead atoms. The van der Waals surface area contributed by atoms with Gasteiger partial charge in [0, 0.05) is 26.2 Å². The number of piperidine rings is 1. The second-order valence-electron chi connectivity index (χ2n) is 11.9. The third kappa shape index (κ3) is 7.04. The number of aliphatic hydroxyl groups excluding tert-OH is 1. The van der Waals surface area contributed by atoms with Crippen LogP contribution in [0.1, 0.15) is 70.3 Å². The number of likely N-dealkylation sites (tertiary alicyclic amines) is 1. The Balaban J connectivity index is 0.00000405. The van der Waals surface area contributed by atoms with Crippen molar-refractivity contribution in [1.29, 1.82) is 0 Å². The number of rotatable bonds is 10. The molecule has 1 saturated carbocycles. The first kappa shape index (κ1) is 32.1. The summed E-state index contributed by atoms with van der Waals surface area (Å²) >= 11 is 0. The molecule has 2 unspecified atom stereocenters. The Morgan fingerprint density at radius 3 is 2.14 bits per heavy atom. The van der Waals surface area contributed by atoms with Gasteiger partial charge in [-0.3, -0.25) is 14.5 Å². The Labute approximate surface area is 256 Å². The van der Waals surface area contributed by atoms with Gasteiger partial charge in [-0.2, -0.15) is 0 Å². The zero-order valence-corrected chi connectivity index (χ0v) is 25.7. The van der Waals surface area contributed by atoms with Gasteiger partial charge in [-0.25, -0.2) is 0 Å². The first-order chi connectivity index (χ1) is 19.9. The normalized spacial score (nSPS) is 21.9. The van der Waals surface area contributed by atoms with Crippen molar-refractivity contribution in [3.05, 3.63) is 54.1 Å². The van der Waals surface area contributed by atoms with Gasteiger partial charge in [-0.1, -0.05) is 44.7 Å². The molecule has 9 heteroatoms. The largest absolute Gasteiger partial charge is 0.497 e. The minimum absolute atomic E-state index is 0. The average molecular weight is 600 g/mol. The van der Waals surface area contributed by atoms with Gasteiger partial charge < -0.3 is 24.8 Å². The number of piperazine rings is 1. The highest BCUT2D eigenvalue weighted by molar-refractivity contribution is 6.00. The molecule has 42 heavy (non-hydrogen) atoms. The van der Waals surface area contributed by atoms with Crippen LogP contribution < -0.4 is 14.8 Å². The average Bonchev–Trinajstić information content (AvgIpc) is 3.01. The lowest BCUT2D eigenvalue weighted by Crippen LogP contribution is -2.75. The van der Waals surface area contributed by atoms with Crippen LogP contribution in [0.5, 0.6) is 17.2 Å². The number of methoxy groups -OCH3 is 1. The van der Waals surface area contributed by atoms with E-state index in [4.69, 9.17) is 9.47 Å². The van der Waals surface area contributed by atoms with Crippen molar-refractivity contribution >= 4 is 24.2 Å². The summed E-state index contributed by atoms with van der Waals surface area (Å²) in [6.07, 6.45) is 7.35. The molecule has 5 rings (SSSR count). The molecule has 2 saturated heterocycles. The predicted molar refractivity (Wildman–Crippen MR) is 165 cm³/mol. The number of carbonyl (C=O) groups is 2. The first-order valence-corrected chi connectivity index (χ1v) is 15.4. The number of carbonyl (C=O) groups excluding carboxylic acids is 2. The Hall–Kier alpha value is -2.81. The Kier molecular flexibility index (Phi) is 11.1. The smallest absolute Gasteiger partial charge is 0.248 e. The summed E-state index contributed by atoms with van der Waals surface area (Å²) in [7, 11) is 1.64. The van der Waals surface area contributed by atoms with E-state index in [-0.39, 0.29) is 30.1 Å². The number of ether oxygens (including phenoxy) is 2. The summed E-state index contributed by atoms with van der Waals surface area (Å²) in [6.45, 7) is 4.89. The lowest BCUT2D eigenvalue weighted by Gasteiger charge is -2.52. The minimum Gasteiger partial charge on any atom is -0.497 e. The van der Waals surface area contributed by atoms with Gasteiger partial charge in [0.25, 0.3) is 0 Å². The van der Waals surface area contributed by atoms with Crippen LogP contribution in [0.3, 0.4) is 0 Å². The molecule has 3 aliphatic rings. The van der Waals surface area contributed by atoms with Crippen molar-refractivity contribution in [2.45, 2.75) is 88.9 Å². The minimum atomic E-state index is -0.832. The number of unbranched alkanes of at least 4 members (excludes halogenated alkanes) is 1. The number of hydrogen-bond acceptors (Lipinski definition) is 6. The van der Waals surface area contributed by atoms with Gasteiger partial charge in [-0.15, -0.1) is 12.4 Å². The van der Waals surface area contributed by atoms with E-state index in [2.05, 4.69) is 29.3 Å². The van der Waals surface area contributed by atoms with E-state index in [1.54, 1.807) is 7.11 Å². The molecule has 3 fully saturated rings. The maximum absolute atomic E-state index is 13.8. The Morgan fingerprint density at radius 2 is 1.55 bits per heavy atom. The van der Waals surface area contributed by atoms with Gasteiger partial charge in [0.15, 0.2) is 0 Å². The molecule has 2 aromatic rings. The molecule has 0 radical (unpaired) electrons. The number of benzene rings is 2. The fourth-order valence-electron chi connectivity index (χ4n) is 6.74. The predicted octanol–water partition coefficient (Wildman–Crippen LogP) is 5.31. The monoisotopic (exact) mass is 599 g/mol. The number of aliphatic hydroxyl groups is 1. The zero-order valence-electron chi connectivity index (χ0n) is 24.9. The third-order valence-corrected chi connectivity index (χ3v) is 9.28. The molecule has 2 heterocycles. The molecule has 1 aliphatic carbocycles. The highest BCUT2D eigenvalue weighted by atomic mass is 35.5. The van der Waals surface area contributed by atoms with E-state index in [1.807, 2.05) is 41.3 Å². The number of halogens is 1. The molecular formula is C33H46ClN3O5. The lowest BCUT2D eigenvalue weighted by molar-refractivity contribution is -0.166. The number of amides is 2. The maximum Gasteiger partial charge on any atom is 0.248 e. The standard InChI is InChI=1S/C33H45N3O5.ClH/c1-3-4-20-36-31(38)29(30(37)25-8-6-5-7-9-25)34-32(39)33(36)18-21-35(22-19-33)23-24-10-12-27(13-11-24)41-28-16-14-26(40-2)15-17-28;/h10-17,25,29-30,37H,3-9,18-23H2,1-2H3,(H,34,39);1H. The van der Waals surface area contributed by atoms with Crippen molar-refractivity contribution in [1.82, 2.24) is 15.1 Å². The second-order valence-corrected chi connectivity index (χ2v) is 11.9. The molecule has 2 amide bonds. The first-order valence-electron chi connectivity index (χ1n) is 15.4. The van der Waals surface area contributed by atoms with E-state index >= 15 is 0 Å². The zero-order chi connectivity index (χ0) is 28.8. The van der Waals surface area contributed by atoms with E-state index in [0.717, 1.165) is 75.4 Å². The Bertz CT molecular complexity index is 1160. The molecule has 2 N–H and O–H groups in total. The summed E-state index contributed by atoms with van der Waals surface area (Å²) in [5.41, 5.74) is 0.340. The molecule has 8 nitrogen and oxygen atoms in total. The number of nitrogens with zero attached hydrogens (tertiary/aromatic N) is 2. The fraction of sp³-hybridized carbons (Fsp3) is 0.576. The van der Waals surface area contributed by atoms with Crippen LogP contribution in [0.2, 0.25) is 0 Å². The van der Waals surface area contributed by atoms with Crippen LogP contribution in [0.4, 0.5) is 0 Å². The summed E-state index contributed by atoms with van der Waals surface area (Å²) in [5, 5.41) is 14.2. The third-order valence-electron chi connectivity index (χ3n) is 9.28. The van der Waals surface area contributed by atoms with Crippen LogP contribution in [0, 0.1) is 5.92 Å². The lowest BCUT2D eigenvalue weighted by atomic mass is 9.78. The Morgan fingerprint density at radius 1 is 0.952 bits per heavy atom. The van der Waals surface area contributed by atoms with Crippen LogP contribution in [-0.2, 0) is 16.1 Å². The summed E-state index contributed by atoms with van der Waals surface area (Å²) in [5.74, 6) is 2.20. The molecular weight excluding hydrogens is 554 g/mol. The molecule has 2 aliphatic heterocycles.